The van der Waals surface area contributed by atoms with E-state index in [1.54, 1.807) is 0 Å². The molecule has 0 aliphatic rings. The number of benzene rings is 2. The molecule has 0 bridgehead atoms. The first-order valence-corrected chi connectivity index (χ1v) is 7.59. The molecule has 0 unspecified atom stereocenters. The van der Waals surface area contributed by atoms with Gasteiger partial charge in [0.15, 0.2) is 5.82 Å². The molecule has 0 saturated heterocycles. The van der Waals surface area contributed by atoms with E-state index in [4.69, 9.17) is 11.6 Å². The van der Waals surface area contributed by atoms with E-state index in [0.29, 0.717) is 5.69 Å². The summed E-state index contributed by atoms with van der Waals surface area (Å²) in [6.07, 6.45) is 0. The molecule has 9 nitrogen and oxygen atoms in total. The normalized spacial score (nSPS) is 10.5. The number of nitro groups is 1. The molecule has 0 radical (unpaired) electrons. The maximum atomic E-state index is 13.0. The monoisotopic (exact) mass is 376 g/mol. The summed E-state index contributed by atoms with van der Waals surface area (Å²) in [7, 11) is 0. The third kappa shape index (κ3) is 3.64. The second kappa shape index (κ2) is 7.23. The second-order valence-corrected chi connectivity index (χ2v) is 5.49. The van der Waals surface area contributed by atoms with Crippen LogP contribution in [0, 0.1) is 15.9 Å². The highest BCUT2D eigenvalue weighted by Crippen LogP contribution is 2.22. The third-order valence-electron chi connectivity index (χ3n) is 3.42. The van der Waals surface area contributed by atoms with Crippen molar-refractivity contribution in [1.29, 1.82) is 0 Å². The Bertz CT molecular complexity index is 976. The lowest BCUT2D eigenvalue weighted by molar-refractivity contribution is -0.384. The predicted octanol–water partition coefficient (Wildman–Crippen LogP) is 2.29. The minimum Gasteiger partial charge on any atom is -0.345 e. The number of carbonyl (C=O) groups is 1. The first kappa shape index (κ1) is 17.4. The van der Waals surface area contributed by atoms with Crippen LogP contribution in [0.5, 0.6) is 0 Å². The summed E-state index contributed by atoms with van der Waals surface area (Å²) >= 11 is 5.93. The van der Waals surface area contributed by atoms with E-state index < -0.39 is 16.6 Å². The highest BCUT2D eigenvalue weighted by Gasteiger charge is 2.17. The van der Waals surface area contributed by atoms with E-state index in [1.807, 2.05) is 0 Å². The van der Waals surface area contributed by atoms with Gasteiger partial charge in [-0.25, -0.2) is 4.39 Å². The number of non-ortho nitro benzene ring substituents is 1. The Hall–Kier alpha value is -3.40. The zero-order valence-corrected chi connectivity index (χ0v) is 13.7. The molecular weight excluding hydrogens is 367 g/mol. The van der Waals surface area contributed by atoms with Gasteiger partial charge in [0.25, 0.3) is 11.6 Å². The van der Waals surface area contributed by atoms with Gasteiger partial charge in [-0.2, -0.15) is 4.68 Å². The summed E-state index contributed by atoms with van der Waals surface area (Å²) < 4.78 is 14.3. The minimum atomic E-state index is -0.623. The van der Waals surface area contributed by atoms with Crippen molar-refractivity contribution in [3.05, 3.63) is 74.8 Å². The molecule has 132 valence electrons. The van der Waals surface area contributed by atoms with Gasteiger partial charge in [-0.3, -0.25) is 14.9 Å². The van der Waals surface area contributed by atoms with E-state index in [0.717, 1.165) is 6.07 Å². The van der Waals surface area contributed by atoms with Crippen LogP contribution < -0.4 is 5.32 Å². The maximum Gasteiger partial charge on any atom is 0.270 e. The van der Waals surface area contributed by atoms with E-state index in [9.17, 15) is 19.3 Å². The van der Waals surface area contributed by atoms with Gasteiger partial charge in [0.05, 0.1) is 27.7 Å². The molecule has 0 aliphatic heterocycles. The fourth-order valence-corrected chi connectivity index (χ4v) is 2.36. The number of carbonyl (C=O) groups excluding carboxylic acids is 1. The lowest BCUT2D eigenvalue weighted by Gasteiger charge is -2.07. The van der Waals surface area contributed by atoms with Gasteiger partial charge in [-0.1, -0.05) is 11.6 Å². The number of aromatic nitrogens is 4. The summed E-state index contributed by atoms with van der Waals surface area (Å²) in [6.45, 7) is -0.0672. The lowest BCUT2D eigenvalue weighted by Crippen LogP contribution is -2.25. The molecule has 1 heterocycles. The number of nitrogens with zero attached hydrogens (tertiary/aromatic N) is 5. The molecular formula is C15H10ClFN6O3. The van der Waals surface area contributed by atoms with Crippen molar-refractivity contribution in [2.24, 2.45) is 0 Å². The van der Waals surface area contributed by atoms with Gasteiger partial charge < -0.3 is 5.32 Å². The summed E-state index contributed by atoms with van der Waals surface area (Å²) in [5.41, 5.74) is 0.214. The summed E-state index contributed by atoms with van der Waals surface area (Å²) in [6, 6.07) is 9.03. The van der Waals surface area contributed by atoms with Crippen LogP contribution in [0.1, 0.15) is 16.2 Å². The standard InChI is InChI=1S/C15H10ClFN6O3/c16-13-6-5-11(23(25)26)7-12(13)15(24)18-8-14-19-20-21-22(14)10-3-1-9(17)2-4-10/h1-7H,8H2,(H,18,24). The van der Waals surface area contributed by atoms with E-state index in [-0.39, 0.29) is 28.6 Å². The fourth-order valence-electron chi connectivity index (χ4n) is 2.15. The van der Waals surface area contributed by atoms with E-state index in [2.05, 4.69) is 20.8 Å². The molecule has 0 saturated carbocycles. The smallest absolute Gasteiger partial charge is 0.270 e. The lowest BCUT2D eigenvalue weighted by atomic mass is 10.2. The highest BCUT2D eigenvalue weighted by molar-refractivity contribution is 6.33. The molecule has 2 aromatic carbocycles. The van der Waals surface area contributed by atoms with Crippen molar-refractivity contribution >= 4 is 23.2 Å². The average Bonchev–Trinajstić information content (AvgIpc) is 3.09. The zero-order valence-electron chi connectivity index (χ0n) is 13.0. The molecule has 0 atom stereocenters. The van der Waals surface area contributed by atoms with Crippen LogP contribution in [-0.2, 0) is 6.54 Å². The quantitative estimate of drug-likeness (QED) is 0.539. The molecule has 11 heteroatoms. The Morgan fingerprint density at radius 1 is 1.27 bits per heavy atom. The minimum absolute atomic E-state index is 0.0401. The molecule has 0 spiro atoms. The zero-order chi connectivity index (χ0) is 18.7. The highest BCUT2D eigenvalue weighted by atomic mass is 35.5. The number of rotatable bonds is 5. The maximum absolute atomic E-state index is 13.0. The number of nitro benzene ring substituents is 1. The SMILES string of the molecule is O=C(NCc1nnnn1-c1ccc(F)cc1)c1cc([N+](=O)[O-])ccc1Cl. The molecule has 1 N–H and O–H groups in total. The Balaban J connectivity index is 1.77. The second-order valence-electron chi connectivity index (χ2n) is 5.09. The number of halogens is 2. The number of tetrazole rings is 1. The fraction of sp³-hybridized carbons (Fsp3) is 0.0667. The Labute approximate surface area is 150 Å². The van der Waals surface area contributed by atoms with Crippen LogP contribution in [0.15, 0.2) is 42.5 Å². The number of hydrogen-bond donors (Lipinski definition) is 1. The van der Waals surface area contributed by atoms with Crippen LogP contribution in [0.2, 0.25) is 5.02 Å². The van der Waals surface area contributed by atoms with Crippen molar-refractivity contribution in [3.63, 3.8) is 0 Å². The topological polar surface area (TPSA) is 116 Å². The van der Waals surface area contributed by atoms with E-state index >= 15 is 0 Å². The molecule has 1 aromatic heterocycles. The first-order valence-electron chi connectivity index (χ1n) is 7.21. The molecule has 0 aliphatic carbocycles. The Morgan fingerprint density at radius 2 is 2.00 bits per heavy atom. The third-order valence-corrected chi connectivity index (χ3v) is 3.75. The van der Waals surface area contributed by atoms with Crippen molar-refractivity contribution in [2.45, 2.75) is 6.54 Å². The van der Waals surface area contributed by atoms with Gasteiger partial charge >= 0.3 is 0 Å². The van der Waals surface area contributed by atoms with Crippen molar-refractivity contribution in [1.82, 2.24) is 25.5 Å². The van der Waals surface area contributed by atoms with Crippen LogP contribution in [0.3, 0.4) is 0 Å². The molecule has 1 amide bonds. The van der Waals surface area contributed by atoms with Crippen LogP contribution in [0.25, 0.3) is 5.69 Å². The first-order chi connectivity index (χ1) is 12.5. The predicted molar refractivity (Wildman–Crippen MR) is 88.4 cm³/mol. The summed E-state index contributed by atoms with van der Waals surface area (Å²) in [4.78, 5) is 22.5. The van der Waals surface area contributed by atoms with Crippen LogP contribution in [0.4, 0.5) is 10.1 Å². The van der Waals surface area contributed by atoms with Crippen LogP contribution in [-0.4, -0.2) is 31.0 Å². The Morgan fingerprint density at radius 3 is 2.69 bits per heavy atom. The molecule has 3 rings (SSSR count). The number of nitrogens with one attached hydrogen (secondary N) is 1. The number of hydrogen-bond acceptors (Lipinski definition) is 6. The van der Waals surface area contributed by atoms with Gasteiger partial charge in [-0.15, -0.1) is 5.10 Å². The molecule has 0 fully saturated rings. The summed E-state index contributed by atoms with van der Waals surface area (Å²) in [5, 5.41) is 24.6. The van der Waals surface area contributed by atoms with E-state index in [1.165, 1.54) is 41.1 Å². The van der Waals surface area contributed by atoms with Crippen molar-refractivity contribution in [3.8, 4) is 5.69 Å². The van der Waals surface area contributed by atoms with Gasteiger partial charge in [0, 0.05) is 12.1 Å². The average molecular weight is 377 g/mol. The summed E-state index contributed by atoms with van der Waals surface area (Å²) in [5.74, 6) is -0.740. The van der Waals surface area contributed by atoms with Crippen molar-refractivity contribution < 1.29 is 14.1 Å². The molecule has 3 aromatic rings. The van der Waals surface area contributed by atoms with Gasteiger partial charge in [0.1, 0.15) is 5.82 Å². The van der Waals surface area contributed by atoms with Crippen molar-refractivity contribution in [2.75, 3.05) is 0 Å². The van der Waals surface area contributed by atoms with Gasteiger partial charge in [-0.05, 0) is 40.8 Å². The Kier molecular flexibility index (Phi) is 4.85. The number of amides is 1. The van der Waals surface area contributed by atoms with Crippen LogP contribution >= 0.6 is 11.6 Å². The largest absolute Gasteiger partial charge is 0.345 e. The molecule has 26 heavy (non-hydrogen) atoms. The van der Waals surface area contributed by atoms with Gasteiger partial charge in [0.2, 0.25) is 0 Å².